The van der Waals surface area contributed by atoms with Crippen molar-refractivity contribution in [3.63, 3.8) is 0 Å². The summed E-state index contributed by atoms with van der Waals surface area (Å²) in [5, 5.41) is 3.80. The molecule has 1 saturated heterocycles. The van der Waals surface area contributed by atoms with Crippen LogP contribution in [0.15, 0.2) is 42.5 Å². The summed E-state index contributed by atoms with van der Waals surface area (Å²) in [4.78, 5) is 19.0. The summed E-state index contributed by atoms with van der Waals surface area (Å²) in [6.07, 6.45) is 0. The molecule has 1 amide bonds. The van der Waals surface area contributed by atoms with Gasteiger partial charge in [0.1, 0.15) is 23.9 Å². The lowest BCUT2D eigenvalue weighted by molar-refractivity contribution is -0.125. The molecule has 2 aromatic carbocycles. The van der Waals surface area contributed by atoms with E-state index in [4.69, 9.17) is 9.47 Å². The number of anilines is 1. The third-order valence-corrected chi connectivity index (χ3v) is 5.69. The smallest absolute Gasteiger partial charge is 0.226 e. The van der Waals surface area contributed by atoms with Crippen LogP contribution in [-0.2, 0) is 4.79 Å². The number of carbonyl (C=O) groups is 1. The Hall–Kier alpha value is -2.87. The van der Waals surface area contributed by atoms with Gasteiger partial charge >= 0.3 is 0 Å². The molecule has 4 rings (SSSR count). The number of hydrogen-bond donors (Lipinski definition) is 1. The minimum absolute atomic E-state index is 0.0155. The summed E-state index contributed by atoms with van der Waals surface area (Å²) in [7, 11) is 1.64. The average molecular weight is 401 g/mol. The maximum absolute atomic E-state index is 12.8. The number of thiazole rings is 1. The molecule has 0 spiro atoms. The summed E-state index contributed by atoms with van der Waals surface area (Å²) in [6, 6.07) is 11.7. The lowest BCUT2D eigenvalue weighted by Gasteiger charge is -2.37. The zero-order chi connectivity index (χ0) is 19.5. The molecule has 3 aromatic rings. The third-order valence-electron chi connectivity index (χ3n) is 4.59. The fourth-order valence-corrected chi connectivity index (χ4v) is 3.94. The number of amides is 1. The van der Waals surface area contributed by atoms with Gasteiger partial charge in [0.2, 0.25) is 5.91 Å². The molecule has 28 heavy (non-hydrogen) atoms. The van der Waals surface area contributed by atoms with Gasteiger partial charge < -0.3 is 19.7 Å². The number of benzene rings is 2. The van der Waals surface area contributed by atoms with Gasteiger partial charge in [-0.3, -0.25) is 4.79 Å². The van der Waals surface area contributed by atoms with Gasteiger partial charge in [-0.2, -0.15) is 0 Å². The zero-order valence-corrected chi connectivity index (χ0v) is 16.2. The molecule has 1 fully saturated rings. The maximum Gasteiger partial charge on any atom is 0.226 e. The van der Waals surface area contributed by atoms with E-state index in [1.807, 2.05) is 18.2 Å². The number of nitrogens with one attached hydrogen (secondary N) is 1. The molecule has 1 aliphatic rings. The van der Waals surface area contributed by atoms with Crippen molar-refractivity contribution in [1.29, 1.82) is 0 Å². The van der Waals surface area contributed by atoms with Crippen LogP contribution in [0.3, 0.4) is 0 Å². The van der Waals surface area contributed by atoms with Crippen molar-refractivity contribution in [3.05, 3.63) is 48.3 Å². The molecule has 0 radical (unpaired) electrons. The highest BCUT2D eigenvalue weighted by Crippen LogP contribution is 2.34. The van der Waals surface area contributed by atoms with Crippen LogP contribution in [0.2, 0.25) is 0 Å². The lowest BCUT2D eigenvalue weighted by Crippen LogP contribution is -2.54. The van der Waals surface area contributed by atoms with E-state index in [0.29, 0.717) is 32.0 Å². The molecule has 0 unspecified atom stereocenters. The molecule has 6 nitrogen and oxygen atoms in total. The summed E-state index contributed by atoms with van der Waals surface area (Å²) < 4.78 is 24.6. The van der Waals surface area contributed by atoms with E-state index in [2.05, 4.69) is 15.2 Å². The summed E-state index contributed by atoms with van der Waals surface area (Å²) in [6.45, 7) is 2.06. The van der Waals surface area contributed by atoms with Gasteiger partial charge in [0.15, 0.2) is 5.13 Å². The first-order chi connectivity index (χ1) is 13.6. The number of aromatic nitrogens is 1. The van der Waals surface area contributed by atoms with Gasteiger partial charge in [0.05, 0.1) is 29.8 Å². The van der Waals surface area contributed by atoms with E-state index in [1.165, 1.54) is 12.1 Å². The van der Waals surface area contributed by atoms with Gasteiger partial charge in [-0.05, 0) is 36.4 Å². The van der Waals surface area contributed by atoms with Crippen molar-refractivity contribution >= 4 is 32.6 Å². The predicted octanol–water partition coefficient (Wildman–Crippen LogP) is 3.08. The number of ether oxygens (including phenoxy) is 2. The van der Waals surface area contributed by atoms with E-state index in [9.17, 15) is 9.18 Å². The molecule has 0 atom stereocenters. The molecule has 1 N–H and O–H groups in total. The Balaban J connectivity index is 1.22. The monoisotopic (exact) mass is 401 g/mol. The predicted molar refractivity (Wildman–Crippen MR) is 107 cm³/mol. The van der Waals surface area contributed by atoms with Crippen LogP contribution in [0.4, 0.5) is 9.52 Å². The second-order valence-electron chi connectivity index (χ2n) is 6.53. The van der Waals surface area contributed by atoms with E-state index in [-0.39, 0.29) is 17.6 Å². The topological polar surface area (TPSA) is 63.7 Å². The maximum atomic E-state index is 12.8. The van der Waals surface area contributed by atoms with Gasteiger partial charge in [-0.25, -0.2) is 9.37 Å². The van der Waals surface area contributed by atoms with Gasteiger partial charge in [0.25, 0.3) is 0 Å². The highest BCUT2D eigenvalue weighted by molar-refractivity contribution is 7.22. The minimum atomic E-state index is -0.303. The molecule has 2 heterocycles. The molecule has 8 heteroatoms. The highest BCUT2D eigenvalue weighted by atomic mass is 32.1. The second kappa shape index (κ2) is 8.02. The second-order valence-corrected chi connectivity index (χ2v) is 7.53. The van der Waals surface area contributed by atoms with E-state index in [1.54, 1.807) is 30.6 Å². The SMILES string of the molecule is COc1ccc2sc(N3CC(C(=O)NCCOc4ccc(F)cc4)C3)nc2c1. The number of halogens is 1. The van der Waals surface area contributed by atoms with Crippen molar-refractivity contribution < 1.29 is 18.7 Å². The van der Waals surface area contributed by atoms with Gasteiger partial charge in [-0.15, -0.1) is 0 Å². The van der Waals surface area contributed by atoms with Crippen molar-refractivity contribution in [3.8, 4) is 11.5 Å². The first-order valence-corrected chi connectivity index (χ1v) is 9.79. The number of rotatable bonds is 7. The Bertz CT molecular complexity index is 970. The number of methoxy groups -OCH3 is 1. The van der Waals surface area contributed by atoms with Crippen LogP contribution >= 0.6 is 11.3 Å². The van der Waals surface area contributed by atoms with Crippen LogP contribution in [0, 0.1) is 11.7 Å². The van der Waals surface area contributed by atoms with Crippen LogP contribution in [0.25, 0.3) is 10.2 Å². The summed E-state index contributed by atoms with van der Waals surface area (Å²) in [5.41, 5.74) is 0.908. The molecular formula is C20H20FN3O3S. The number of carbonyl (C=O) groups excluding carboxylic acids is 1. The van der Waals surface area contributed by atoms with E-state index >= 15 is 0 Å². The quantitative estimate of drug-likeness (QED) is 0.617. The fraction of sp³-hybridized carbons (Fsp3) is 0.300. The van der Waals surface area contributed by atoms with Crippen LogP contribution in [-0.4, -0.2) is 44.2 Å². The molecule has 0 aliphatic carbocycles. The Morgan fingerprint density at radius 2 is 2.00 bits per heavy atom. The van der Waals surface area contributed by atoms with Crippen LogP contribution in [0.5, 0.6) is 11.5 Å². The van der Waals surface area contributed by atoms with Crippen molar-refractivity contribution in [2.75, 3.05) is 38.3 Å². The fourth-order valence-electron chi connectivity index (χ4n) is 2.98. The Morgan fingerprint density at radius 1 is 1.25 bits per heavy atom. The zero-order valence-electron chi connectivity index (χ0n) is 15.4. The van der Waals surface area contributed by atoms with Gasteiger partial charge in [0, 0.05) is 19.2 Å². The normalized spacial score (nSPS) is 14.0. The van der Waals surface area contributed by atoms with Crippen molar-refractivity contribution in [2.24, 2.45) is 5.92 Å². The standard InChI is InChI=1S/C20H20FN3O3S/c1-26-16-6-7-18-17(10-16)23-20(28-18)24-11-13(12-24)19(25)22-8-9-27-15-4-2-14(21)3-5-15/h2-7,10,13H,8-9,11-12H2,1H3,(H,22,25). The first-order valence-electron chi connectivity index (χ1n) is 8.98. The minimum Gasteiger partial charge on any atom is -0.497 e. The largest absolute Gasteiger partial charge is 0.497 e. The molecule has 1 aliphatic heterocycles. The first kappa shape index (κ1) is 18.5. The molecule has 0 bridgehead atoms. The number of fused-ring (bicyclic) bond motifs is 1. The summed E-state index contributed by atoms with van der Waals surface area (Å²) >= 11 is 1.62. The summed E-state index contributed by atoms with van der Waals surface area (Å²) in [5.74, 6) is 1.03. The highest BCUT2D eigenvalue weighted by Gasteiger charge is 2.34. The number of nitrogens with zero attached hydrogens (tertiary/aromatic N) is 2. The van der Waals surface area contributed by atoms with Crippen LogP contribution in [0.1, 0.15) is 0 Å². The molecule has 1 aromatic heterocycles. The van der Waals surface area contributed by atoms with Crippen molar-refractivity contribution in [1.82, 2.24) is 10.3 Å². The van der Waals surface area contributed by atoms with E-state index in [0.717, 1.165) is 21.1 Å². The van der Waals surface area contributed by atoms with Crippen LogP contribution < -0.4 is 19.7 Å². The average Bonchev–Trinajstić information content (AvgIpc) is 3.08. The Labute approximate surface area is 165 Å². The van der Waals surface area contributed by atoms with E-state index < -0.39 is 0 Å². The molecule has 146 valence electrons. The lowest BCUT2D eigenvalue weighted by atomic mass is 10.0. The van der Waals surface area contributed by atoms with Crippen molar-refractivity contribution in [2.45, 2.75) is 0 Å². The Kier molecular flexibility index (Phi) is 5.29. The third kappa shape index (κ3) is 4.01. The Morgan fingerprint density at radius 3 is 2.75 bits per heavy atom. The molecular weight excluding hydrogens is 381 g/mol. The van der Waals surface area contributed by atoms with Gasteiger partial charge in [-0.1, -0.05) is 11.3 Å². The number of hydrogen-bond acceptors (Lipinski definition) is 6. The molecule has 0 saturated carbocycles.